The lowest BCUT2D eigenvalue weighted by molar-refractivity contribution is 0.584. The number of fused-ring (bicyclic) bond motifs is 1. The van der Waals surface area contributed by atoms with Crippen molar-refractivity contribution >= 4 is 21.6 Å². The van der Waals surface area contributed by atoms with Gasteiger partial charge >= 0.3 is 0 Å². The lowest BCUT2D eigenvalue weighted by atomic mass is 10.1. The number of halogens is 1. The van der Waals surface area contributed by atoms with E-state index < -0.39 is 10.0 Å². The van der Waals surface area contributed by atoms with Gasteiger partial charge in [-0.25, -0.2) is 13.1 Å². The molecule has 0 amide bonds. The topological polar surface area (TPSA) is 46.2 Å². The van der Waals surface area contributed by atoms with E-state index in [1.807, 2.05) is 0 Å². The molecule has 0 atom stereocenters. The third kappa shape index (κ3) is 2.10. The molecule has 0 radical (unpaired) electrons. The van der Waals surface area contributed by atoms with Crippen molar-refractivity contribution in [3.8, 4) is 0 Å². The first-order valence-electron chi connectivity index (χ1n) is 5.35. The zero-order valence-electron chi connectivity index (χ0n) is 9.09. The molecule has 88 valence electrons. The van der Waals surface area contributed by atoms with Crippen LogP contribution in [0.3, 0.4) is 0 Å². The Balaban J connectivity index is 2.50. The van der Waals surface area contributed by atoms with Crippen LogP contribution in [0.2, 0.25) is 5.02 Å². The number of rotatable bonds is 3. The van der Waals surface area contributed by atoms with Gasteiger partial charge in [0, 0.05) is 6.54 Å². The zero-order valence-corrected chi connectivity index (χ0v) is 10.7. The van der Waals surface area contributed by atoms with Crippen LogP contribution in [0.15, 0.2) is 17.0 Å². The highest BCUT2D eigenvalue weighted by Gasteiger charge is 2.21. The largest absolute Gasteiger partial charge is 0.242 e. The lowest BCUT2D eigenvalue weighted by Gasteiger charge is -2.09. The van der Waals surface area contributed by atoms with E-state index in [4.69, 9.17) is 11.6 Å². The Kier molecular flexibility index (Phi) is 3.24. The third-order valence-corrected chi connectivity index (χ3v) is 4.78. The van der Waals surface area contributed by atoms with Crippen LogP contribution < -0.4 is 4.72 Å². The first-order chi connectivity index (χ1) is 7.54. The van der Waals surface area contributed by atoms with Crippen molar-refractivity contribution in [3.63, 3.8) is 0 Å². The molecule has 5 heteroatoms. The molecule has 0 unspecified atom stereocenters. The standard InChI is InChI=1S/C11H14ClNO2S/c1-2-13-16(14,15)11-7-9-5-3-4-8(9)6-10(11)12/h6-7,13H,2-5H2,1H3. The van der Waals surface area contributed by atoms with E-state index >= 15 is 0 Å². The summed E-state index contributed by atoms with van der Waals surface area (Å²) in [5.74, 6) is 0. The molecule has 1 aromatic rings. The van der Waals surface area contributed by atoms with Crippen molar-refractivity contribution in [2.24, 2.45) is 0 Å². The molecule has 0 aliphatic heterocycles. The van der Waals surface area contributed by atoms with Crippen LogP contribution in [-0.4, -0.2) is 15.0 Å². The van der Waals surface area contributed by atoms with Crippen molar-refractivity contribution in [1.82, 2.24) is 4.72 Å². The van der Waals surface area contributed by atoms with Crippen LogP contribution >= 0.6 is 11.6 Å². The molecular weight excluding hydrogens is 246 g/mol. The molecule has 0 saturated heterocycles. The van der Waals surface area contributed by atoms with Crippen molar-refractivity contribution < 1.29 is 8.42 Å². The Morgan fingerprint density at radius 1 is 1.31 bits per heavy atom. The quantitative estimate of drug-likeness (QED) is 0.904. The number of aryl methyl sites for hydroxylation is 2. The minimum absolute atomic E-state index is 0.205. The predicted octanol–water partition coefficient (Wildman–Crippen LogP) is 2.13. The maximum atomic E-state index is 11.9. The fraction of sp³-hybridized carbons (Fsp3) is 0.455. The van der Waals surface area contributed by atoms with Gasteiger partial charge in [-0.2, -0.15) is 0 Å². The van der Waals surface area contributed by atoms with Gasteiger partial charge in [0.1, 0.15) is 4.90 Å². The molecule has 0 spiro atoms. The molecule has 1 N–H and O–H groups in total. The summed E-state index contributed by atoms with van der Waals surface area (Å²) < 4.78 is 26.2. The number of sulfonamides is 1. The van der Waals surface area contributed by atoms with Crippen LogP contribution in [0.1, 0.15) is 24.5 Å². The molecule has 2 rings (SSSR count). The number of hydrogen-bond acceptors (Lipinski definition) is 2. The summed E-state index contributed by atoms with van der Waals surface area (Å²) in [5, 5.41) is 0.321. The molecule has 0 saturated carbocycles. The fourth-order valence-electron chi connectivity index (χ4n) is 2.05. The second-order valence-electron chi connectivity index (χ2n) is 3.91. The lowest BCUT2D eigenvalue weighted by Crippen LogP contribution is -2.23. The maximum Gasteiger partial charge on any atom is 0.242 e. The van der Waals surface area contributed by atoms with Crippen LogP contribution in [0, 0.1) is 0 Å². The number of hydrogen-bond donors (Lipinski definition) is 1. The zero-order chi connectivity index (χ0) is 11.8. The molecule has 0 aromatic heterocycles. The highest BCUT2D eigenvalue weighted by atomic mass is 35.5. The van der Waals surface area contributed by atoms with E-state index in [0.717, 1.165) is 24.8 Å². The average Bonchev–Trinajstić information content (AvgIpc) is 2.63. The van der Waals surface area contributed by atoms with Crippen molar-refractivity contribution in [2.45, 2.75) is 31.1 Å². The van der Waals surface area contributed by atoms with E-state index in [9.17, 15) is 8.42 Å². The monoisotopic (exact) mass is 259 g/mol. The van der Waals surface area contributed by atoms with Gasteiger partial charge in [-0.15, -0.1) is 0 Å². The van der Waals surface area contributed by atoms with Gasteiger partial charge in [-0.05, 0) is 42.5 Å². The molecule has 1 aromatic carbocycles. The van der Waals surface area contributed by atoms with Crippen molar-refractivity contribution in [3.05, 3.63) is 28.3 Å². The first-order valence-corrected chi connectivity index (χ1v) is 7.21. The van der Waals surface area contributed by atoms with Gasteiger partial charge < -0.3 is 0 Å². The minimum atomic E-state index is -3.44. The predicted molar refractivity (Wildman–Crippen MR) is 64.3 cm³/mol. The second kappa shape index (κ2) is 4.35. The van der Waals surface area contributed by atoms with Crippen LogP contribution in [-0.2, 0) is 22.9 Å². The number of benzene rings is 1. The molecule has 0 bridgehead atoms. The first kappa shape index (κ1) is 11.9. The SMILES string of the molecule is CCNS(=O)(=O)c1cc2c(cc1Cl)CCC2. The Labute approximate surface area is 101 Å². The molecule has 3 nitrogen and oxygen atoms in total. The summed E-state index contributed by atoms with van der Waals surface area (Å²) in [6.45, 7) is 2.12. The third-order valence-electron chi connectivity index (χ3n) is 2.77. The molecule has 0 heterocycles. The van der Waals surface area contributed by atoms with Crippen LogP contribution in [0.4, 0.5) is 0 Å². The van der Waals surface area contributed by atoms with E-state index in [1.54, 1.807) is 19.1 Å². The van der Waals surface area contributed by atoms with E-state index in [0.29, 0.717) is 11.6 Å². The minimum Gasteiger partial charge on any atom is -0.211 e. The summed E-state index contributed by atoms with van der Waals surface area (Å²) in [7, 11) is -3.44. The fourth-order valence-corrected chi connectivity index (χ4v) is 3.68. The Hall–Kier alpha value is -0.580. The summed E-state index contributed by atoms with van der Waals surface area (Å²) in [4.78, 5) is 0.205. The number of nitrogens with one attached hydrogen (secondary N) is 1. The van der Waals surface area contributed by atoms with Gasteiger partial charge in [0.15, 0.2) is 0 Å². The normalized spacial score (nSPS) is 15.1. The van der Waals surface area contributed by atoms with Crippen LogP contribution in [0.5, 0.6) is 0 Å². The summed E-state index contributed by atoms with van der Waals surface area (Å²) >= 11 is 6.01. The highest BCUT2D eigenvalue weighted by molar-refractivity contribution is 7.89. The maximum absolute atomic E-state index is 11.9. The van der Waals surface area contributed by atoms with E-state index in [-0.39, 0.29) is 4.90 Å². The Morgan fingerprint density at radius 2 is 1.94 bits per heavy atom. The van der Waals surface area contributed by atoms with Gasteiger partial charge in [0.25, 0.3) is 0 Å². The van der Waals surface area contributed by atoms with Gasteiger partial charge in [-0.1, -0.05) is 18.5 Å². The smallest absolute Gasteiger partial charge is 0.211 e. The van der Waals surface area contributed by atoms with Gasteiger partial charge in [-0.3, -0.25) is 0 Å². The molecule has 0 fully saturated rings. The van der Waals surface area contributed by atoms with Crippen molar-refractivity contribution in [2.75, 3.05) is 6.54 Å². The van der Waals surface area contributed by atoms with Crippen molar-refractivity contribution in [1.29, 1.82) is 0 Å². The Morgan fingerprint density at radius 3 is 2.56 bits per heavy atom. The second-order valence-corrected chi connectivity index (χ2v) is 6.05. The van der Waals surface area contributed by atoms with E-state index in [2.05, 4.69) is 4.72 Å². The molecular formula is C11H14ClNO2S. The molecule has 1 aliphatic carbocycles. The van der Waals surface area contributed by atoms with Gasteiger partial charge in [0.05, 0.1) is 5.02 Å². The summed E-state index contributed by atoms with van der Waals surface area (Å²) in [6.07, 6.45) is 3.02. The van der Waals surface area contributed by atoms with E-state index in [1.165, 1.54) is 5.56 Å². The average molecular weight is 260 g/mol. The highest BCUT2D eigenvalue weighted by Crippen LogP contribution is 2.30. The Bertz CT molecular complexity index is 511. The van der Waals surface area contributed by atoms with Gasteiger partial charge in [0.2, 0.25) is 10.0 Å². The van der Waals surface area contributed by atoms with Crippen LogP contribution in [0.25, 0.3) is 0 Å². The summed E-state index contributed by atoms with van der Waals surface area (Å²) in [5.41, 5.74) is 2.29. The molecule has 1 aliphatic rings. The summed E-state index contributed by atoms with van der Waals surface area (Å²) in [6, 6.07) is 3.50. The molecule has 16 heavy (non-hydrogen) atoms.